The summed E-state index contributed by atoms with van der Waals surface area (Å²) in [6.07, 6.45) is 9.37. The molecule has 2 fully saturated rings. The Morgan fingerprint density at radius 3 is 2.35 bits per heavy atom. The number of hydrogen-bond acceptors (Lipinski definition) is 2. The Morgan fingerprint density at radius 1 is 1.12 bits per heavy atom. The SMILES string of the molecule is CCC1CCCCC1N1CCC(C(C)O)CC1. The molecule has 2 nitrogen and oxygen atoms in total. The van der Waals surface area contributed by atoms with Crippen LogP contribution < -0.4 is 0 Å². The number of aliphatic hydroxyl groups is 1. The van der Waals surface area contributed by atoms with Crippen LogP contribution in [-0.2, 0) is 0 Å². The van der Waals surface area contributed by atoms with Crippen LogP contribution >= 0.6 is 0 Å². The van der Waals surface area contributed by atoms with Gasteiger partial charge in [0.05, 0.1) is 6.10 Å². The predicted octanol–water partition coefficient (Wildman–Crippen LogP) is 3.05. The van der Waals surface area contributed by atoms with E-state index >= 15 is 0 Å². The van der Waals surface area contributed by atoms with Gasteiger partial charge in [-0.3, -0.25) is 0 Å². The van der Waals surface area contributed by atoms with Gasteiger partial charge in [-0.15, -0.1) is 0 Å². The van der Waals surface area contributed by atoms with Gasteiger partial charge in [-0.25, -0.2) is 0 Å². The molecule has 1 N–H and O–H groups in total. The van der Waals surface area contributed by atoms with E-state index in [2.05, 4.69) is 11.8 Å². The Hall–Kier alpha value is -0.0800. The molecule has 1 aliphatic carbocycles. The molecule has 3 unspecified atom stereocenters. The maximum absolute atomic E-state index is 9.65. The molecule has 100 valence electrons. The van der Waals surface area contributed by atoms with E-state index in [4.69, 9.17) is 0 Å². The van der Waals surface area contributed by atoms with Gasteiger partial charge in [0, 0.05) is 6.04 Å². The van der Waals surface area contributed by atoms with Crippen LogP contribution in [0.4, 0.5) is 0 Å². The van der Waals surface area contributed by atoms with Crippen molar-refractivity contribution in [2.45, 2.75) is 70.9 Å². The maximum atomic E-state index is 9.65. The molecule has 1 heterocycles. The monoisotopic (exact) mass is 239 g/mol. The zero-order valence-electron chi connectivity index (χ0n) is 11.6. The molecule has 1 saturated carbocycles. The molecule has 0 aromatic rings. The Morgan fingerprint density at radius 2 is 1.76 bits per heavy atom. The second-order valence-electron chi connectivity index (χ2n) is 6.13. The van der Waals surface area contributed by atoms with Gasteiger partial charge in [0.15, 0.2) is 0 Å². The third-order valence-electron chi connectivity index (χ3n) is 5.12. The Balaban J connectivity index is 1.86. The van der Waals surface area contributed by atoms with Crippen LogP contribution in [0.25, 0.3) is 0 Å². The number of aliphatic hydroxyl groups excluding tert-OH is 1. The van der Waals surface area contributed by atoms with Crippen LogP contribution in [0.5, 0.6) is 0 Å². The summed E-state index contributed by atoms with van der Waals surface area (Å²) in [5.74, 6) is 1.49. The topological polar surface area (TPSA) is 23.5 Å². The fourth-order valence-electron chi connectivity index (χ4n) is 3.88. The van der Waals surface area contributed by atoms with E-state index in [-0.39, 0.29) is 6.10 Å². The van der Waals surface area contributed by atoms with Crippen LogP contribution in [0.1, 0.15) is 58.8 Å². The Labute approximate surface area is 106 Å². The van der Waals surface area contributed by atoms with Crippen LogP contribution in [0.15, 0.2) is 0 Å². The van der Waals surface area contributed by atoms with Gasteiger partial charge < -0.3 is 10.0 Å². The normalized spacial score (nSPS) is 34.8. The minimum atomic E-state index is -0.106. The van der Waals surface area contributed by atoms with Crippen molar-refractivity contribution in [1.82, 2.24) is 4.90 Å². The number of likely N-dealkylation sites (tertiary alicyclic amines) is 1. The van der Waals surface area contributed by atoms with Crippen LogP contribution in [0, 0.1) is 11.8 Å². The van der Waals surface area contributed by atoms with E-state index in [9.17, 15) is 5.11 Å². The van der Waals surface area contributed by atoms with Gasteiger partial charge in [-0.2, -0.15) is 0 Å². The lowest BCUT2D eigenvalue weighted by atomic mass is 9.80. The summed E-state index contributed by atoms with van der Waals surface area (Å²) in [5.41, 5.74) is 0. The molecule has 0 aromatic heterocycles. The zero-order chi connectivity index (χ0) is 12.3. The molecule has 2 heteroatoms. The summed E-state index contributed by atoms with van der Waals surface area (Å²) in [6.45, 7) is 6.74. The van der Waals surface area contributed by atoms with Crippen molar-refractivity contribution in [2.75, 3.05) is 13.1 Å². The summed E-state index contributed by atoms with van der Waals surface area (Å²) in [5, 5.41) is 9.65. The summed E-state index contributed by atoms with van der Waals surface area (Å²) >= 11 is 0. The molecule has 0 spiro atoms. The minimum Gasteiger partial charge on any atom is -0.393 e. The van der Waals surface area contributed by atoms with Crippen molar-refractivity contribution in [2.24, 2.45) is 11.8 Å². The largest absolute Gasteiger partial charge is 0.393 e. The van der Waals surface area contributed by atoms with Crippen molar-refractivity contribution in [1.29, 1.82) is 0 Å². The van der Waals surface area contributed by atoms with E-state index < -0.39 is 0 Å². The average Bonchev–Trinajstić information content (AvgIpc) is 2.39. The lowest BCUT2D eigenvalue weighted by Crippen LogP contribution is -2.47. The highest BCUT2D eigenvalue weighted by Crippen LogP contribution is 2.33. The second kappa shape index (κ2) is 6.19. The summed E-state index contributed by atoms with van der Waals surface area (Å²) in [6, 6.07) is 0.851. The molecule has 0 amide bonds. The van der Waals surface area contributed by atoms with E-state index in [1.54, 1.807) is 0 Å². The van der Waals surface area contributed by atoms with E-state index in [0.717, 1.165) is 12.0 Å². The molecule has 1 aliphatic heterocycles. The lowest BCUT2D eigenvalue weighted by molar-refractivity contribution is 0.0292. The first-order chi connectivity index (χ1) is 8.22. The smallest absolute Gasteiger partial charge is 0.0541 e. The summed E-state index contributed by atoms with van der Waals surface area (Å²) in [7, 11) is 0. The summed E-state index contributed by atoms with van der Waals surface area (Å²) < 4.78 is 0. The molecule has 3 atom stereocenters. The molecule has 17 heavy (non-hydrogen) atoms. The number of nitrogens with zero attached hydrogens (tertiary/aromatic N) is 1. The Bertz CT molecular complexity index is 221. The Kier molecular flexibility index (Phi) is 4.87. The second-order valence-corrected chi connectivity index (χ2v) is 6.13. The molecular formula is C15H29NO. The van der Waals surface area contributed by atoms with Crippen molar-refractivity contribution < 1.29 is 5.11 Å². The molecule has 1 saturated heterocycles. The average molecular weight is 239 g/mol. The van der Waals surface area contributed by atoms with E-state index in [0.29, 0.717) is 5.92 Å². The standard InChI is InChI=1S/C15H29NO/c1-3-13-6-4-5-7-15(13)16-10-8-14(9-11-16)12(2)17/h12-15,17H,3-11H2,1-2H3. The van der Waals surface area contributed by atoms with Crippen molar-refractivity contribution in [3.63, 3.8) is 0 Å². The quantitative estimate of drug-likeness (QED) is 0.818. The fourth-order valence-corrected chi connectivity index (χ4v) is 3.88. The van der Waals surface area contributed by atoms with Crippen LogP contribution in [0.2, 0.25) is 0 Å². The molecule has 2 rings (SSSR count). The molecule has 0 bridgehead atoms. The number of hydrogen-bond donors (Lipinski definition) is 1. The highest BCUT2D eigenvalue weighted by atomic mass is 16.3. The first-order valence-corrected chi connectivity index (χ1v) is 7.64. The number of rotatable bonds is 3. The van der Waals surface area contributed by atoms with E-state index in [1.165, 1.54) is 58.0 Å². The van der Waals surface area contributed by atoms with Gasteiger partial charge in [-0.05, 0) is 57.5 Å². The van der Waals surface area contributed by atoms with Gasteiger partial charge in [0.1, 0.15) is 0 Å². The molecular weight excluding hydrogens is 210 g/mol. The van der Waals surface area contributed by atoms with Crippen molar-refractivity contribution >= 4 is 0 Å². The third kappa shape index (κ3) is 3.23. The van der Waals surface area contributed by atoms with Crippen molar-refractivity contribution in [3.8, 4) is 0 Å². The molecule has 2 aliphatic rings. The highest BCUT2D eigenvalue weighted by Gasteiger charge is 2.32. The molecule has 0 aromatic carbocycles. The minimum absolute atomic E-state index is 0.106. The van der Waals surface area contributed by atoms with Gasteiger partial charge >= 0.3 is 0 Å². The van der Waals surface area contributed by atoms with Gasteiger partial charge in [-0.1, -0.05) is 26.2 Å². The maximum Gasteiger partial charge on any atom is 0.0541 e. The summed E-state index contributed by atoms with van der Waals surface area (Å²) in [4.78, 5) is 2.73. The van der Waals surface area contributed by atoms with Gasteiger partial charge in [0.2, 0.25) is 0 Å². The van der Waals surface area contributed by atoms with Gasteiger partial charge in [0.25, 0.3) is 0 Å². The third-order valence-corrected chi connectivity index (χ3v) is 5.12. The fraction of sp³-hybridized carbons (Fsp3) is 1.00. The van der Waals surface area contributed by atoms with Crippen LogP contribution in [0.3, 0.4) is 0 Å². The number of piperidine rings is 1. The zero-order valence-corrected chi connectivity index (χ0v) is 11.6. The lowest BCUT2D eigenvalue weighted by Gasteiger charge is -2.43. The first kappa shape index (κ1) is 13.4. The van der Waals surface area contributed by atoms with Crippen LogP contribution in [-0.4, -0.2) is 35.2 Å². The predicted molar refractivity (Wildman–Crippen MR) is 72.0 cm³/mol. The van der Waals surface area contributed by atoms with Crippen molar-refractivity contribution in [3.05, 3.63) is 0 Å². The first-order valence-electron chi connectivity index (χ1n) is 7.64. The van der Waals surface area contributed by atoms with E-state index in [1.807, 2.05) is 6.92 Å². The highest BCUT2D eigenvalue weighted by molar-refractivity contribution is 4.86. The molecule has 0 radical (unpaired) electrons.